The summed E-state index contributed by atoms with van der Waals surface area (Å²) in [6.07, 6.45) is 0.983. The fourth-order valence-electron chi connectivity index (χ4n) is 2.34. The summed E-state index contributed by atoms with van der Waals surface area (Å²) in [5.74, 6) is 0.429. The van der Waals surface area contributed by atoms with Crippen molar-refractivity contribution in [3.8, 4) is 0 Å². The van der Waals surface area contributed by atoms with E-state index in [1.54, 1.807) is 12.1 Å². The van der Waals surface area contributed by atoms with Crippen molar-refractivity contribution < 1.29 is 4.79 Å². The lowest BCUT2D eigenvalue weighted by Gasteiger charge is -2.22. The maximum absolute atomic E-state index is 12.7. The van der Waals surface area contributed by atoms with Crippen molar-refractivity contribution in [2.24, 2.45) is 0 Å². The molecule has 0 spiro atoms. The van der Waals surface area contributed by atoms with E-state index >= 15 is 0 Å². The number of carbonyl (C=O) groups excluding carboxylic acids is 1. The van der Waals surface area contributed by atoms with Crippen molar-refractivity contribution in [3.63, 3.8) is 0 Å². The molecule has 23 heavy (non-hydrogen) atoms. The van der Waals surface area contributed by atoms with E-state index in [0.717, 1.165) is 18.7 Å². The van der Waals surface area contributed by atoms with Crippen molar-refractivity contribution in [1.82, 2.24) is 10.2 Å². The molecule has 0 aliphatic carbocycles. The normalized spacial score (nSPS) is 17.5. The van der Waals surface area contributed by atoms with Gasteiger partial charge in [0, 0.05) is 16.7 Å². The van der Waals surface area contributed by atoms with E-state index in [1.165, 1.54) is 16.7 Å². The Morgan fingerprint density at radius 3 is 2.96 bits per heavy atom. The molecule has 0 fully saturated rings. The molecule has 0 saturated heterocycles. The second-order valence-corrected chi connectivity index (χ2v) is 8.08. The molecule has 0 saturated carbocycles. The smallest absolute Gasteiger partial charge is 0.237 e. The van der Waals surface area contributed by atoms with Crippen LogP contribution in [0.5, 0.6) is 0 Å². The highest BCUT2D eigenvalue weighted by molar-refractivity contribution is 8.00. The van der Waals surface area contributed by atoms with Crippen LogP contribution in [0, 0.1) is 0 Å². The third kappa shape index (κ3) is 4.19. The molecule has 3 rings (SSSR count). The van der Waals surface area contributed by atoms with Gasteiger partial charge in [0.25, 0.3) is 0 Å². The van der Waals surface area contributed by atoms with E-state index in [1.807, 2.05) is 34.9 Å². The topological polar surface area (TPSA) is 46.1 Å². The summed E-state index contributed by atoms with van der Waals surface area (Å²) in [6.45, 7) is 2.95. The van der Waals surface area contributed by atoms with E-state index in [9.17, 15) is 4.79 Å². The minimum absolute atomic E-state index is 0.0916. The Morgan fingerprint density at radius 2 is 2.17 bits per heavy atom. The predicted molar refractivity (Wildman–Crippen MR) is 96.5 cm³/mol. The number of amides is 1. The van der Waals surface area contributed by atoms with Crippen LogP contribution >= 0.6 is 35.1 Å². The zero-order valence-corrected chi connectivity index (χ0v) is 15.0. The first-order valence-corrected chi connectivity index (χ1v) is 9.56. The van der Waals surface area contributed by atoms with Gasteiger partial charge in [-0.25, -0.2) is 0 Å². The van der Waals surface area contributed by atoms with Crippen molar-refractivity contribution >= 4 is 46.7 Å². The van der Waals surface area contributed by atoms with Gasteiger partial charge in [-0.1, -0.05) is 42.4 Å². The van der Waals surface area contributed by atoms with Crippen LogP contribution in [0.2, 0.25) is 5.15 Å². The summed E-state index contributed by atoms with van der Waals surface area (Å²) in [4.78, 5) is 15.7. The van der Waals surface area contributed by atoms with Gasteiger partial charge >= 0.3 is 0 Å². The highest BCUT2D eigenvalue weighted by Crippen LogP contribution is 2.37. The molecule has 0 unspecified atom stereocenters. The number of carbonyl (C=O) groups is 1. The van der Waals surface area contributed by atoms with E-state index < -0.39 is 0 Å². The monoisotopic (exact) mass is 365 g/mol. The summed E-state index contributed by atoms with van der Waals surface area (Å²) in [5, 5.41) is 9.33. The van der Waals surface area contributed by atoms with Crippen molar-refractivity contribution in [3.05, 3.63) is 41.6 Å². The number of fused-ring (bicyclic) bond motifs is 1. The van der Waals surface area contributed by atoms with Gasteiger partial charge in [-0.2, -0.15) is 0 Å². The van der Waals surface area contributed by atoms with Gasteiger partial charge in [0.15, 0.2) is 5.15 Å². The molecule has 0 N–H and O–H groups in total. The molecule has 4 nitrogen and oxygen atoms in total. The molecule has 1 aromatic carbocycles. The lowest BCUT2D eigenvalue weighted by atomic mass is 10.2. The summed E-state index contributed by atoms with van der Waals surface area (Å²) < 4.78 is 0. The van der Waals surface area contributed by atoms with Gasteiger partial charge in [-0.05, 0) is 30.7 Å². The van der Waals surface area contributed by atoms with Crippen molar-refractivity contribution in [1.29, 1.82) is 0 Å². The third-order valence-corrected chi connectivity index (χ3v) is 5.84. The second-order valence-electron chi connectivity index (χ2n) is 5.21. The van der Waals surface area contributed by atoms with Crippen LogP contribution in [0.25, 0.3) is 0 Å². The molecule has 2 heterocycles. The third-order valence-electron chi connectivity index (χ3n) is 3.50. The molecule has 7 heteroatoms. The molecular weight excluding hydrogens is 350 g/mol. The lowest BCUT2D eigenvalue weighted by molar-refractivity contribution is -0.116. The maximum Gasteiger partial charge on any atom is 0.237 e. The Balaban J connectivity index is 1.72. The molecule has 120 valence electrons. The molecular formula is C16H16ClN3OS2. The Morgan fingerprint density at radius 1 is 1.35 bits per heavy atom. The van der Waals surface area contributed by atoms with Crippen molar-refractivity contribution in [2.45, 2.75) is 28.5 Å². The van der Waals surface area contributed by atoms with Crippen LogP contribution < -0.4 is 4.90 Å². The summed E-state index contributed by atoms with van der Waals surface area (Å²) >= 11 is 8.94. The fourth-order valence-corrected chi connectivity index (χ4v) is 4.24. The van der Waals surface area contributed by atoms with Crippen molar-refractivity contribution in [2.75, 3.05) is 17.2 Å². The van der Waals surface area contributed by atoms with E-state index in [4.69, 9.17) is 11.6 Å². The summed E-state index contributed by atoms with van der Waals surface area (Å²) in [6, 6.07) is 11.6. The SMILES string of the molecule is C[C@H]1CCN(C(=O)CSc2ccc(Cl)nn2)c2ccccc2S1. The van der Waals surface area contributed by atoms with Gasteiger partial charge in [0.1, 0.15) is 5.03 Å². The van der Waals surface area contributed by atoms with Gasteiger partial charge in [0.05, 0.1) is 11.4 Å². The van der Waals surface area contributed by atoms with E-state index in [-0.39, 0.29) is 5.91 Å². The minimum atomic E-state index is 0.0916. The molecule has 0 radical (unpaired) electrons. The number of anilines is 1. The Labute approximate surface area is 149 Å². The average Bonchev–Trinajstić information content (AvgIpc) is 2.72. The summed E-state index contributed by atoms with van der Waals surface area (Å²) in [7, 11) is 0. The maximum atomic E-state index is 12.7. The first-order chi connectivity index (χ1) is 11.1. The first-order valence-electron chi connectivity index (χ1n) is 7.31. The van der Waals surface area contributed by atoms with Crippen LogP contribution in [0.15, 0.2) is 46.3 Å². The molecule has 1 aromatic heterocycles. The Hall–Kier alpha value is -1.24. The molecule has 1 amide bonds. The van der Waals surface area contributed by atoms with Gasteiger partial charge in [-0.15, -0.1) is 22.0 Å². The Kier molecular flexibility index (Phi) is 5.46. The summed E-state index contributed by atoms with van der Waals surface area (Å²) in [5.41, 5.74) is 1.01. The van der Waals surface area contributed by atoms with Crippen LogP contribution in [-0.2, 0) is 4.79 Å². The number of hydrogen-bond donors (Lipinski definition) is 0. The van der Waals surface area contributed by atoms with Gasteiger partial charge in [-0.3, -0.25) is 4.79 Å². The number of rotatable bonds is 3. The highest BCUT2D eigenvalue weighted by atomic mass is 35.5. The highest BCUT2D eigenvalue weighted by Gasteiger charge is 2.24. The number of aromatic nitrogens is 2. The number of halogens is 1. The van der Waals surface area contributed by atoms with Crippen LogP contribution in [-0.4, -0.2) is 33.7 Å². The molecule has 1 aliphatic heterocycles. The number of thioether (sulfide) groups is 2. The zero-order chi connectivity index (χ0) is 16.2. The molecule has 2 aromatic rings. The Bertz CT molecular complexity index is 696. The number of hydrogen-bond acceptors (Lipinski definition) is 5. The fraction of sp³-hybridized carbons (Fsp3) is 0.312. The van der Waals surface area contributed by atoms with Crippen LogP contribution in [0.4, 0.5) is 5.69 Å². The number of benzene rings is 1. The molecule has 1 atom stereocenters. The van der Waals surface area contributed by atoms with Gasteiger partial charge < -0.3 is 4.90 Å². The average molecular weight is 366 g/mol. The largest absolute Gasteiger partial charge is 0.311 e. The van der Waals surface area contributed by atoms with Crippen LogP contribution in [0.3, 0.4) is 0 Å². The number of nitrogens with zero attached hydrogens (tertiary/aromatic N) is 3. The standard InChI is InChI=1S/C16H16ClN3OS2/c1-11-8-9-20(12-4-2-3-5-13(12)23-11)16(21)10-22-15-7-6-14(17)18-19-15/h2-7,11H,8-10H2,1H3/t11-/m0/s1. The van der Waals surface area contributed by atoms with E-state index in [2.05, 4.69) is 23.2 Å². The quantitative estimate of drug-likeness (QED) is 0.765. The molecule has 1 aliphatic rings. The minimum Gasteiger partial charge on any atom is -0.311 e. The predicted octanol–water partition coefficient (Wildman–Crippen LogP) is 4.14. The number of para-hydroxylation sites is 1. The first kappa shape index (κ1) is 16.6. The van der Waals surface area contributed by atoms with E-state index in [0.29, 0.717) is 21.2 Å². The lowest BCUT2D eigenvalue weighted by Crippen LogP contribution is -2.33. The second kappa shape index (κ2) is 7.55. The van der Waals surface area contributed by atoms with Gasteiger partial charge in [0.2, 0.25) is 5.91 Å². The molecule has 0 bridgehead atoms. The zero-order valence-electron chi connectivity index (χ0n) is 12.6. The van der Waals surface area contributed by atoms with Crippen LogP contribution in [0.1, 0.15) is 13.3 Å².